The molecular formula is C18H24N4O2. The van der Waals surface area contributed by atoms with Crippen LogP contribution in [0.1, 0.15) is 23.3 Å². The van der Waals surface area contributed by atoms with Gasteiger partial charge in [0.25, 0.3) is 5.91 Å². The topological polar surface area (TPSA) is 59.4 Å². The zero-order chi connectivity index (χ0) is 16.9. The molecule has 1 aliphatic rings. The monoisotopic (exact) mass is 328 g/mol. The molecule has 0 radical (unpaired) electrons. The van der Waals surface area contributed by atoms with Gasteiger partial charge in [-0.05, 0) is 69.2 Å². The quantitative estimate of drug-likeness (QED) is 0.911. The summed E-state index contributed by atoms with van der Waals surface area (Å²) >= 11 is 0. The van der Waals surface area contributed by atoms with Crippen LogP contribution < -0.4 is 10.1 Å². The zero-order valence-corrected chi connectivity index (χ0v) is 14.2. The minimum atomic E-state index is -0.110. The molecule has 3 rings (SSSR count). The summed E-state index contributed by atoms with van der Waals surface area (Å²) in [5, 5.41) is 7.38. The lowest BCUT2D eigenvalue weighted by molar-refractivity contribution is 0.0933. The summed E-state index contributed by atoms with van der Waals surface area (Å²) < 4.78 is 6.85. The number of hydrogen-bond acceptors (Lipinski definition) is 4. The van der Waals surface area contributed by atoms with Crippen LogP contribution in [0, 0.1) is 5.92 Å². The molecule has 0 unspecified atom stereocenters. The normalized spacial score (nSPS) is 16.1. The van der Waals surface area contributed by atoms with Gasteiger partial charge in [0.1, 0.15) is 5.75 Å². The Balaban J connectivity index is 1.57. The Hall–Kier alpha value is -2.34. The Kier molecular flexibility index (Phi) is 5.15. The van der Waals surface area contributed by atoms with Crippen molar-refractivity contribution in [1.82, 2.24) is 20.0 Å². The molecule has 0 bridgehead atoms. The van der Waals surface area contributed by atoms with Crippen molar-refractivity contribution in [2.75, 3.05) is 33.8 Å². The lowest BCUT2D eigenvalue weighted by atomic mass is 9.97. The van der Waals surface area contributed by atoms with E-state index in [1.54, 1.807) is 24.1 Å². The van der Waals surface area contributed by atoms with Crippen LogP contribution in [-0.4, -0.2) is 54.4 Å². The minimum Gasteiger partial charge on any atom is -0.497 e. The van der Waals surface area contributed by atoms with Crippen molar-refractivity contribution < 1.29 is 9.53 Å². The number of carbonyl (C=O) groups excluding carboxylic acids is 1. The summed E-state index contributed by atoms with van der Waals surface area (Å²) in [6.45, 7) is 2.93. The number of methoxy groups -OCH3 is 1. The molecule has 0 spiro atoms. The number of ether oxygens (including phenoxy) is 1. The first-order valence-corrected chi connectivity index (χ1v) is 8.32. The molecule has 6 heteroatoms. The highest BCUT2D eigenvalue weighted by Gasteiger charge is 2.18. The standard InChI is InChI=1S/C18H24N4O2/c1-21-10-7-14(8-11-21)13-19-18(23)17-9-12-22(20-17)15-3-5-16(24-2)6-4-15/h3-6,9,12,14H,7-8,10-11,13H2,1-2H3,(H,19,23). The number of rotatable bonds is 5. The molecule has 1 aromatic carbocycles. The van der Waals surface area contributed by atoms with Gasteiger partial charge in [-0.1, -0.05) is 0 Å². The highest BCUT2D eigenvalue weighted by atomic mass is 16.5. The van der Waals surface area contributed by atoms with Crippen molar-refractivity contribution in [3.8, 4) is 11.4 Å². The van der Waals surface area contributed by atoms with E-state index in [0.717, 1.165) is 43.9 Å². The second kappa shape index (κ2) is 7.49. The van der Waals surface area contributed by atoms with Gasteiger partial charge >= 0.3 is 0 Å². The summed E-state index contributed by atoms with van der Waals surface area (Å²) in [7, 11) is 3.77. The van der Waals surface area contributed by atoms with Gasteiger partial charge in [-0.25, -0.2) is 4.68 Å². The molecule has 1 amide bonds. The SMILES string of the molecule is COc1ccc(-n2ccc(C(=O)NCC3CCN(C)CC3)n2)cc1. The molecule has 0 aliphatic carbocycles. The van der Waals surface area contributed by atoms with E-state index in [1.807, 2.05) is 24.3 Å². The molecular weight excluding hydrogens is 304 g/mol. The molecule has 24 heavy (non-hydrogen) atoms. The fourth-order valence-electron chi connectivity index (χ4n) is 2.92. The third kappa shape index (κ3) is 3.94. The van der Waals surface area contributed by atoms with E-state index in [9.17, 15) is 4.79 Å². The smallest absolute Gasteiger partial charge is 0.271 e. The van der Waals surface area contributed by atoms with E-state index < -0.39 is 0 Å². The molecule has 128 valence electrons. The van der Waals surface area contributed by atoms with E-state index >= 15 is 0 Å². The van der Waals surface area contributed by atoms with E-state index in [1.165, 1.54) is 0 Å². The average molecular weight is 328 g/mol. The molecule has 2 heterocycles. The lowest BCUT2D eigenvalue weighted by Gasteiger charge is -2.28. The van der Waals surface area contributed by atoms with Crippen LogP contribution in [0.5, 0.6) is 5.75 Å². The van der Waals surface area contributed by atoms with Crippen molar-refractivity contribution in [2.45, 2.75) is 12.8 Å². The predicted molar refractivity (Wildman–Crippen MR) is 92.7 cm³/mol. The summed E-state index contributed by atoms with van der Waals surface area (Å²) in [6.07, 6.45) is 4.07. The van der Waals surface area contributed by atoms with Gasteiger partial charge in [-0.2, -0.15) is 5.10 Å². The third-order valence-corrected chi connectivity index (χ3v) is 4.55. The number of nitrogens with one attached hydrogen (secondary N) is 1. The number of benzene rings is 1. The number of likely N-dealkylation sites (tertiary alicyclic amines) is 1. The number of nitrogens with zero attached hydrogens (tertiary/aromatic N) is 3. The van der Waals surface area contributed by atoms with Crippen molar-refractivity contribution in [1.29, 1.82) is 0 Å². The molecule has 1 aromatic heterocycles. The molecule has 1 aliphatic heterocycles. The summed E-state index contributed by atoms with van der Waals surface area (Å²) in [6, 6.07) is 9.31. The van der Waals surface area contributed by atoms with Crippen molar-refractivity contribution in [3.05, 3.63) is 42.2 Å². The van der Waals surface area contributed by atoms with Gasteiger partial charge in [-0.3, -0.25) is 4.79 Å². The molecule has 1 N–H and O–H groups in total. The number of amides is 1. The van der Waals surface area contributed by atoms with Gasteiger partial charge in [-0.15, -0.1) is 0 Å². The molecule has 1 saturated heterocycles. The van der Waals surface area contributed by atoms with Gasteiger partial charge in [0.05, 0.1) is 12.8 Å². The largest absolute Gasteiger partial charge is 0.497 e. The first kappa shape index (κ1) is 16.5. The van der Waals surface area contributed by atoms with Crippen LogP contribution in [0.4, 0.5) is 0 Å². The molecule has 2 aromatic rings. The van der Waals surface area contributed by atoms with Crippen LogP contribution in [0.15, 0.2) is 36.5 Å². The van der Waals surface area contributed by atoms with Crippen LogP contribution in [-0.2, 0) is 0 Å². The summed E-state index contributed by atoms with van der Waals surface area (Å²) in [5.74, 6) is 1.25. The third-order valence-electron chi connectivity index (χ3n) is 4.55. The summed E-state index contributed by atoms with van der Waals surface area (Å²) in [5.41, 5.74) is 1.34. The first-order chi connectivity index (χ1) is 11.7. The average Bonchev–Trinajstić information content (AvgIpc) is 3.11. The number of piperidine rings is 1. The fourth-order valence-corrected chi connectivity index (χ4v) is 2.92. The van der Waals surface area contributed by atoms with Crippen molar-refractivity contribution >= 4 is 5.91 Å². The molecule has 6 nitrogen and oxygen atoms in total. The maximum atomic E-state index is 12.3. The van der Waals surface area contributed by atoms with Crippen LogP contribution in [0.3, 0.4) is 0 Å². The Morgan fingerprint density at radius 1 is 1.25 bits per heavy atom. The molecule has 1 fully saturated rings. The van der Waals surface area contributed by atoms with Crippen LogP contribution >= 0.6 is 0 Å². The van der Waals surface area contributed by atoms with E-state index in [-0.39, 0.29) is 5.91 Å². The second-order valence-corrected chi connectivity index (χ2v) is 6.30. The second-order valence-electron chi connectivity index (χ2n) is 6.30. The van der Waals surface area contributed by atoms with Gasteiger partial charge in [0.15, 0.2) is 5.69 Å². The molecule has 0 atom stereocenters. The highest BCUT2D eigenvalue weighted by molar-refractivity contribution is 5.92. The van der Waals surface area contributed by atoms with Gasteiger partial charge in [0.2, 0.25) is 0 Å². The van der Waals surface area contributed by atoms with Crippen molar-refractivity contribution in [3.63, 3.8) is 0 Å². The number of hydrogen-bond donors (Lipinski definition) is 1. The lowest BCUT2D eigenvalue weighted by Crippen LogP contribution is -2.37. The van der Waals surface area contributed by atoms with Crippen LogP contribution in [0.25, 0.3) is 5.69 Å². The summed E-state index contributed by atoms with van der Waals surface area (Å²) in [4.78, 5) is 14.6. The van der Waals surface area contributed by atoms with Crippen LogP contribution in [0.2, 0.25) is 0 Å². The maximum Gasteiger partial charge on any atom is 0.271 e. The first-order valence-electron chi connectivity index (χ1n) is 8.32. The number of carbonyl (C=O) groups is 1. The maximum absolute atomic E-state index is 12.3. The Morgan fingerprint density at radius 2 is 1.96 bits per heavy atom. The Labute approximate surface area is 142 Å². The Morgan fingerprint density at radius 3 is 2.62 bits per heavy atom. The van der Waals surface area contributed by atoms with Crippen molar-refractivity contribution in [2.24, 2.45) is 5.92 Å². The predicted octanol–water partition coefficient (Wildman–Crippen LogP) is 1.95. The zero-order valence-electron chi connectivity index (χ0n) is 14.2. The fraction of sp³-hybridized carbons (Fsp3) is 0.444. The highest BCUT2D eigenvalue weighted by Crippen LogP contribution is 2.16. The number of aromatic nitrogens is 2. The Bertz CT molecular complexity index is 673. The minimum absolute atomic E-state index is 0.110. The van der Waals surface area contributed by atoms with E-state index in [4.69, 9.17) is 4.74 Å². The van der Waals surface area contributed by atoms with E-state index in [2.05, 4.69) is 22.4 Å². The van der Waals surface area contributed by atoms with Gasteiger partial charge < -0.3 is 15.0 Å². The van der Waals surface area contributed by atoms with E-state index in [0.29, 0.717) is 11.6 Å². The molecule has 0 saturated carbocycles. The van der Waals surface area contributed by atoms with Gasteiger partial charge in [0, 0.05) is 12.7 Å².